The fraction of sp³-hybridized carbons (Fsp3) is 0.684. The fourth-order valence-corrected chi connectivity index (χ4v) is 4.22. The van der Waals surface area contributed by atoms with Crippen LogP contribution in [0.2, 0.25) is 0 Å². The Balaban J connectivity index is 2.31. The first-order valence-corrected chi connectivity index (χ1v) is 10.8. The lowest BCUT2D eigenvalue weighted by atomic mass is 9.88. The van der Waals surface area contributed by atoms with Crippen LogP contribution < -0.4 is 5.14 Å². The average molecular weight is 368 g/mol. The van der Waals surface area contributed by atoms with Gasteiger partial charge >= 0.3 is 0 Å². The van der Waals surface area contributed by atoms with Crippen LogP contribution in [-0.2, 0) is 10.0 Å². The Hall–Kier alpha value is -0.950. The van der Waals surface area contributed by atoms with Crippen LogP contribution in [-0.4, -0.2) is 55.7 Å². The van der Waals surface area contributed by atoms with E-state index in [4.69, 9.17) is 5.14 Å². The Bertz CT molecular complexity index is 680. The smallest absolute Gasteiger partial charge is 0.210 e. The van der Waals surface area contributed by atoms with Crippen LogP contribution in [0.5, 0.6) is 0 Å². The van der Waals surface area contributed by atoms with E-state index in [0.717, 1.165) is 19.6 Å². The molecule has 0 bridgehead atoms. The lowest BCUT2D eigenvalue weighted by Crippen LogP contribution is -2.55. The van der Waals surface area contributed by atoms with Crippen molar-refractivity contribution in [2.24, 2.45) is 5.14 Å². The summed E-state index contributed by atoms with van der Waals surface area (Å²) in [5.41, 5.74) is 2.78. The Morgan fingerprint density at radius 2 is 1.84 bits per heavy atom. The van der Waals surface area contributed by atoms with Crippen molar-refractivity contribution < 1.29 is 8.42 Å². The van der Waals surface area contributed by atoms with Gasteiger partial charge in [-0.15, -0.1) is 0 Å². The molecule has 2 rings (SSSR count). The summed E-state index contributed by atoms with van der Waals surface area (Å²) in [6.45, 7) is 14.3. The number of hydrogen-bond acceptors (Lipinski definition) is 4. The van der Waals surface area contributed by atoms with Gasteiger partial charge in [0.25, 0.3) is 0 Å². The van der Waals surface area contributed by atoms with Gasteiger partial charge in [-0.3, -0.25) is 9.80 Å². The van der Waals surface area contributed by atoms with Crippen molar-refractivity contribution >= 4 is 10.0 Å². The highest BCUT2D eigenvalue weighted by Gasteiger charge is 2.36. The second kappa shape index (κ2) is 7.74. The van der Waals surface area contributed by atoms with Gasteiger partial charge in [-0.25, -0.2) is 13.6 Å². The Kier molecular flexibility index (Phi) is 6.30. The van der Waals surface area contributed by atoms with Crippen LogP contribution in [0.15, 0.2) is 24.3 Å². The van der Waals surface area contributed by atoms with Crippen molar-refractivity contribution in [2.45, 2.75) is 52.1 Å². The second-order valence-electron chi connectivity index (χ2n) is 8.33. The summed E-state index contributed by atoms with van der Waals surface area (Å²) in [7, 11) is -3.42. The van der Waals surface area contributed by atoms with E-state index in [9.17, 15) is 8.42 Å². The molecule has 0 radical (unpaired) electrons. The van der Waals surface area contributed by atoms with E-state index in [2.05, 4.69) is 68.7 Å². The van der Waals surface area contributed by atoms with Gasteiger partial charge < -0.3 is 0 Å². The molecule has 1 aromatic carbocycles. The monoisotopic (exact) mass is 367 g/mol. The number of primary sulfonamides is 1. The van der Waals surface area contributed by atoms with E-state index in [-0.39, 0.29) is 17.3 Å². The van der Waals surface area contributed by atoms with E-state index in [0.29, 0.717) is 12.5 Å². The third kappa shape index (κ3) is 5.51. The highest BCUT2D eigenvalue weighted by Crippen LogP contribution is 2.35. The second-order valence-corrected chi connectivity index (χ2v) is 10.1. The lowest BCUT2D eigenvalue weighted by molar-refractivity contribution is 0.0105. The highest BCUT2D eigenvalue weighted by atomic mass is 32.2. The molecule has 5 nitrogen and oxygen atoms in total. The molecule has 0 aliphatic carbocycles. The van der Waals surface area contributed by atoms with E-state index >= 15 is 0 Å². The van der Waals surface area contributed by atoms with Crippen molar-refractivity contribution in [3.63, 3.8) is 0 Å². The molecule has 0 spiro atoms. The quantitative estimate of drug-likeness (QED) is 0.868. The highest BCUT2D eigenvalue weighted by molar-refractivity contribution is 7.89. The number of nitrogens with two attached hydrogens (primary N) is 1. The third-order valence-electron chi connectivity index (χ3n) is 5.00. The average Bonchev–Trinajstić information content (AvgIpc) is 2.51. The van der Waals surface area contributed by atoms with Crippen LogP contribution in [0, 0.1) is 0 Å². The van der Waals surface area contributed by atoms with Gasteiger partial charge in [0, 0.05) is 37.8 Å². The number of benzene rings is 1. The molecule has 1 heterocycles. The molecule has 0 amide bonds. The van der Waals surface area contributed by atoms with E-state index < -0.39 is 10.0 Å². The van der Waals surface area contributed by atoms with Gasteiger partial charge in [-0.1, -0.05) is 38.1 Å². The van der Waals surface area contributed by atoms with Crippen LogP contribution in [0.1, 0.15) is 57.7 Å². The molecule has 1 aliphatic heterocycles. The number of rotatable bonds is 5. The zero-order chi connectivity index (χ0) is 18.8. The minimum atomic E-state index is -3.42. The third-order valence-corrected chi connectivity index (χ3v) is 5.75. The Labute approximate surface area is 153 Å². The molecule has 0 aromatic heterocycles. The molecule has 2 N–H and O–H groups in total. The summed E-state index contributed by atoms with van der Waals surface area (Å²) in [5, 5.41) is 5.19. The van der Waals surface area contributed by atoms with Crippen molar-refractivity contribution in [1.82, 2.24) is 9.80 Å². The molecule has 1 saturated heterocycles. The normalized spacial score (nSPS) is 21.0. The number of nitrogens with zero attached hydrogens (tertiary/aromatic N) is 2. The fourth-order valence-electron chi connectivity index (χ4n) is 3.71. The van der Waals surface area contributed by atoms with E-state index in [1.807, 2.05) is 0 Å². The lowest BCUT2D eigenvalue weighted by Gasteiger charge is -2.48. The summed E-state index contributed by atoms with van der Waals surface area (Å²) in [6.07, 6.45) is 0. The van der Waals surface area contributed by atoms with Gasteiger partial charge in [0.2, 0.25) is 10.0 Å². The van der Waals surface area contributed by atoms with Crippen molar-refractivity contribution in [3.8, 4) is 0 Å². The van der Waals surface area contributed by atoms with E-state index in [1.54, 1.807) is 0 Å². The minimum absolute atomic E-state index is 0.0149. The number of sulfonamides is 1. The summed E-state index contributed by atoms with van der Waals surface area (Å²) < 4.78 is 22.7. The zero-order valence-electron chi connectivity index (χ0n) is 16.2. The van der Waals surface area contributed by atoms with Crippen molar-refractivity contribution in [3.05, 3.63) is 35.4 Å². The topological polar surface area (TPSA) is 66.6 Å². The van der Waals surface area contributed by atoms with Crippen LogP contribution in [0.4, 0.5) is 0 Å². The van der Waals surface area contributed by atoms with Gasteiger partial charge in [-0.05, 0) is 37.8 Å². The maximum atomic E-state index is 11.3. The van der Waals surface area contributed by atoms with Crippen molar-refractivity contribution in [1.29, 1.82) is 0 Å². The number of piperazine rings is 1. The first-order valence-electron chi connectivity index (χ1n) is 9.07. The zero-order valence-corrected chi connectivity index (χ0v) is 17.0. The van der Waals surface area contributed by atoms with Gasteiger partial charge in [0.1, 0.15) is 0 Å². The largest absolute Gasteiger partial charge is 0.299 e. The Morgan fingerprint density at radius 1 is 1.20 bits per heavy atom. The first-order chi connectivity index (χ1) is 11.5. The molecule has 1 aliphatic rings. The standard InChI is InChI=1S/C19H33N3O2S/c1-15(2)16-8-6-7-9-17(16)18-14-21(12-13-25(20,23)24)10-11-22(18)19(3,4)5/h6-9,15,18H,10-14H2,1-5H3,(H2,20,23,24). The molecule has 1 atom stereocenters. The predicted molar refractivity (Wildman–Crippen MR) is 104 cm³/mol. The molecular weight excluding hydrogens is 334 g/mol. The molecule has 142 valence electrons. The molecule has 6 heteroatoms. The number of hydrogen-bond donors (Lipinski definition) is 1. The predicted octanol–water partition coefficient (Wildman–Crippen LogP) is 2.56. The summed E-state index contributed by atoms with van der Waals surface area (Å²) in [5.74, 6) is 0.471. The van der Waals surface area contributed by atoms with E-state index in [1.165, 1.54) is 11.1 Å². The van der Waals surface area contributed by atoms with Gasteiger partial charge in [0.15, 0.2) is 0 Å². The molecule has 1 fully saturated rings. The van der Waals surface area contributed by atoms with Gasteiger partial charge in [-0.2, -0.15) is 0 Å². The summed E-state index contributed by atoms with van der Waals surface area (Å²) >= 11 is 0. The van der Waals surface area contributed by atoms with Crippen LogP contribution in [0.25, 0.3) is 0 Å². The van der Waals surface area contributed by atoms with Gasteiger partial charge in [0.05, 0.1) is 5.75 Å². The maximum absolute atomic E-state index is 11.3. The Morgan fingerprint density at radius 3 is 2.40 bits per heavy atom. The van der Waals surface area contributed by atoms with Crippen LogP contribution >= 0.6 is 0 Å². The molecular formula is C19H33N3O2S. The summed E-state index contributed by atoms with van der Waals surface area (Å²) in [6, 6.07) is 8.90. The molecule has 1 unspecified atom stereocenters. The minimum Gasteiger partial charge on any atom is -0.299 e. The molecule has 25 heavy (non-hydrogen) atoms. The van der Waals surface area contributed by atoms with Crippen molar-refractivity contribution in [2.75, 3.05) is 31.9 Å². The maximum Gasteiger partial charge on any atom is 0.210 e. The SMILES string of the molecule is CC(C)c1ccccc1C1CN(CCS(N)(=O)=O)CCN1C(C)(C)C. The first kappa shape index (κ1) is 20.4. The summed E-state index contributed by atoms with van der Waals surface area (Å²) in [4.78, 5) is 4.77. The van der Waals surface area contributed by atoms with Crippen LogP contribution in [0.3, 0.4) is 0 Å². The molecule has 1 aromatic rings. The molecule has 0 saturated carbocycles.